The average Bonchev–Trinajstić information content (AvgIpc) is 2.92. The van der Waals surface area contributed by atoms with E-state index in [1.807, 2.05) is 0 Å². The van der Waals surface area contributed by atoms with Gasteiger partial charge in [0.1, 0.15) is 0 Å². The molecule has 2 rings (SSSR count). The molecule has 3 N–H and O–H groups in total. The molecule has 1 aromatic heterocycles. The molecule has 0 aliphatic heterocycles. The number of carboxylic acids is 1. The number of alkyl halides is 3. The van der Waals surface area contributed by atoms with E-state index in [0.717, 1.165) is 35.2 Å². The minimum absolute atomic E-state index is 0.0419. The topological polar surface area (TPSA) is 87.1 Å². The summed E-state index contributed by atoms with van der Waals surface area (Å²) in [7, 11) is 0. The third-order valence-electron chi connectivity index (χ3n) is 2.39. The highest BCUT2D eigenvalue weighted by molar-refractivity contribution is 8.01. The quantitative estimate of drug-likeness (QED) is 0.524. The fourth-order valence-corrected chi connectivity index (χ4v) is 3.23. The maximum Gasteiger partial charge on any atom is 0.416 e. The van der Waals surface area contributed by atoms with Crippen LogP contribution in [0.3, 0.4) is 0 Å². The Labute approximate surface area is 147 Å². The van der Waals surface area contributed by atoms with E-state index in [2.05, 4.69) is 20.8 Å². The SMILES string of the molecule is O=C(O)CSc1nnc(NC(=S)Nc2cccc(C(F)(F)F)c2)s1. The van der Waals surface area contributed by atoms with Crippen LogP contribution in [0.2, 0.25) is 0 Å². The van der Waals surface area contributed by atoms with Crippen molar-refractivity contribution in [3.05, 3.63) is 29.8 Å². The molecule has 0 atom stereocenters. The number of aliphatic carboxylic acids is 1. The molecule has 1 heterocycles. The molecule has 0 spiro atoms. The van der Waals surface area contributed by atoms with Crippen molar-refractivity contribution in [1.29, 1.82) is 0 Å². The lowest BCUT2D eigenvalue weighted by Gasteiger charge is -2.11. The van der Waals surface area contributed by atoms with Crippen molar-refractivity contribution in [2.24, 2.45) is 0 Å². The molecule has 0 unspecified atom stereocenters. The summed E-state index contributed by atoms with van der Waals surface area (Å²) in [6.45, 7) is 0. The lowest BCUT2D eigenvalue weighted by Crippen LogP contribution is -2.19. The number of thiocarbonyl (C=S) groups is 1. The molecule has 12 heteroatoms. The van der Waals surface area contributed by atoms with Crippen molar-refractivity contribution in [2.45, 2.75) is 10.5 Å². The fourth-order valence-electron chi connectivity index (χ4n) is 1.47. The number of aromatic nitrogens is 2. The number of rotatable bonds is 5. The van der Waals surface area contributed by atoms with Crippen molar-refractivity contribution in [2.75, 3.05) is 16.4 Å². The van der Waals surface area contributed by atoms with E-state index in [0.29, 0.717) is 9.47 Å². The molecule has 0 aliphatic rings. The summed E-state index contributed by atoms with van der Waals surface area (Å²) < 4.78 is 38.4. The van der Waals surface area contributed by atoms with Crippen molar-refractivity contribution in [3.63, 3.8) is 0 Å². The first-order valence-corrected chi connectivity index (χ1v) is 8.38. The van der Waals surface area contributed by atoms with Gasteiger partial charge >= 0.3 is 12.1 Å². The number of nitrogens with zero attached hydrogens (tertiary/aromatic N) is 2. The Bertz CT molecular complexity index is 751. The van der Waals surface area contributed by atoms with E-state index in [-0.39, 0.29) is 16.6 Å². The molecule has 0 bridgehead atoms. The highest BCUT2D eigenvalue weighted by Crippen LogP contribution is 2.30. The maximum absolute atomic E-state index is 12.6. The van der Waals surface area contributed by atoms with Crippen LogP contribution in [0, 0.1) is 0 Å². The summed E-state index contributed by atoms with van der Waals surface area (Å²) in [6.07, 6.45) is -4.44. The summed E-state index contributed by atoms with van der Waals surface area (Å²) in [5.74, 6) is -1.13. The van der Waals surface area contributed by atoms with Gasteiger partial charge in [0.25, 0.3) is 0 Å². The summed E-state index contributed by atoms with van der Waals surface area (Å²) in [6, 6.07) is 4.59. The molecule has 24 heavy (non-hydrogen) atoms. The number of nitrogens with one attached hydrogen (secondary N) is 2. The van der Waals surface area contributed by atoms with Gasteiger partial charge in [0.15, 0.2) is 9.45 Å². The Morgan fingerprint density at radius 3 is 2.75 bits per heavy atom. The Morgan fingerprint density at radius 2 is 2.08 bits per heavy atom. The predicted octanol–water partition coefficient (Wildman–Crippen LogP) is 3.54. The Hall–Kier alpha value is -1.92. The first kappa shape index (κ1) is 18.4. The predicted molar refractivity (Wildman–Crippen MR) is 89.6 cm³/mol. The molecule has 1 aromatic carbocycles. The number of benzene rings is 1. The van der Waals surface area contributed by atoms with Gasteiger partial charge in [-0.2, -0.15) is 13.2 Å². The van der Waals surface area contributed by atoms with Crippen molar-refractivity contribution >= 4 is 57.2 Å². The molecule has 0 saturated carbocycles. The molecule has 0 fully saturated rings. The Kier molecular flexibility index (Phi) is 5.96. The van der Waals surface area contributed by atoms with Crippen LogP contribution in [-0.2, 0) is 11.0 Å². The molecular formula is C12H9F3N4O2S3. The first-order valence-electron chi connectivity index (χ1n) is 6.17. The van der Waals surface area contributed by atoms with Crippen LogP contribution >= 0.6 is 35.3 Å². The standard InChI is InChI=1S/C12H9F3N4O2S3/c13-12(14,15)6-2-1-3-7(4-6)16-9(22)17-10-18-19-11(24-10)23-5-8(20)21/h1-4H,5H2,(H,20,21)(H2,16,17,18,22). The third-order valence-corrected chi connectivity index (χ3v) is 4.55. The van der Waals surface area contributed by atoms with Gasteiger partial charge in [0.2, 0.25) is 5.13 Å². The van der Waals surface area contributed by atoms with E-state index in [1.165, 1.54) is 12.1 Å². The fraction of sp³-hybridized carbons (Fsp3) is 0.167. The normalized spacial score (nSPS) is 11.1. The largest absolute Gasteiger partial charge is 0.481 e. The van der Waals surface area contributed by atoms with E-state index in [9.17, 15) is 18.0 Å². The second-order valence-electron chi connectivity index (χ2n) is 4.21. The molecule has 0 radical (unpaired) electrons. The zero-order valence-electron chi connectivity index (χ0n) is 11.6. The lowest BCUT2D eigenvalue weighted by molar-refractivity contribution is -0.137. The Morgan fingerprint density at radius 1 is 1.33 bits per heavy atom. The third kappa shape index (κ3) is 5.62. The average molecular weight is 394 g/mol. The molecule has 0 amide bonds. The molecule has 128 valence electrons. The molecule has 2 aromatic rings. The van der Waals surface area contributed by atoms with Crippen molar-refractivity contribution < 1.29 is 23.1 Å². The van der Waals surface area contributed by atoms with Gasteiger partial charge in [0.05, 0.1) is 11.3 Å². The van der Waals surface area contributed by atoms with Crippen molar-refractivity contribution in [1.82, 2.24) is 10.2 Å². The van der Waals surface area contributed by atoms with Crippen LogP contribution in [0.5, 0.6) is 0 Å². The number of hydrogen-bond acceptors (Lipinski definition) is 6. The maximum atomic E-state index is 12.6. The number of hydrogen-bond donors (Lipinski definition) is 3. The number of thioether (sulfide) groups is 1. The van der Waals surface area contributed by atoms with Crippen LogP contribution in [-0.4, -0.2) is 32.1 Å². The second kappa shape index (κ2) is 7.77. The molecule has 6 nitrogen and oxygen atoms in total. The Balaban J connectivity index is 1.95. The smallest absolute Gasteiger partial charge is 0.416 e. The van der Waals surface area contributed by atoms with Crippen molar-refractivity contribution in [3.8, 4) is 0 Å². The van der Waals surface area contributed by atoms with Gasteiger partial charge in [-0.15, -0.1) is 10.2 Å². The zero-order valence-corrected chi connectivity index (χ0v) is 14.1. The second-order valence-corrected chi connectivity index (χ2v) is 6.82. The van der Waals surface area contributed by atoms with Crippen LogP contribution < -0.4 is 10.6 Å². The highest BCUT2D eigenvalue weighted by atomic mass is 32.2. The summed E-state index contributed by atoms with van der Waals surface area (Å²) >= 11 is 7.09. The monoisotopic (exact) mass is 394 g/mol. The van der Waals surface area contributed by atoms with Gasteiger partial charge in [-0.25, -0.2) is 0 Å². The summed E-state index contributed by atoms with van der Waals surface area (Å²) in [4.78, 5) is 10.5. The first-order chi connectivity index (χ1) is 11.2. The number of carbonyl (C=O) groups is 1. The van der Waals surface area contributed by atoms with Gasteiger partial charge in [0, 0.05) is 5.69 Å². The number of anilines is 2. The molecule has 0 saturated heterocycles. The van der Waals surface area contributed by atoms with Crippen LogP contribution in [0.1, 0.15) is 5.56 Å². The van der Waals surface area contributed by atoms with E-state index >= 15 is 0 Å². The highest BCUT2D eigenvalue weighted by Gasteiger charge is 2.30. The van der Waals surface area contributed by atoms with Gasteiger partial charge in [-0.05, 0) is 30.4 Å². The minimum atomic E-state index is -4.44. The van der Waals surface area contributed by atoms with Crippen LogP contribution in [0.15, 0.2) is 28.6 Å². The van der Waals surface area contributed by atoms with Crippen LogP contribution in [0.25, 0.3) is 0 Å². The van der Waals surface area contributed by atoms with E-state index < -0.39 is 17.7 Å². The van der Waals surface area contributed by atoms with Gasteiger partial charge in [-0.3, -0.25) is 4.79 Å². The molecule has 0 aliphatic carbocycles. The van der Waals surface area contributed by atoms with Crippen LogP contribution in [0.4, 0.5) is 24.0 Å². The van der Waals surface area contributed by atoms with Gasteiger partial charge in [-0.1, -0.05) is 29.2 Å². The zero-order chi connectivity index (χ0) is 17.7. The molecular weight excluding hydrogens is 385 g/mol. The van der Waals surface area contributed by atoms with E-state index in [4.69, 9.17) is 17.3 Å². The summed E-state index contributed by atoms with van der Waals surface area (Å²) in [5, 5.41) is 21.8. The minimum Gasteiger partial charge on any atom is -0.481 e. The number of halogens is 3. The van der Waals surface area contributed by atoms with E-state index in [1.54, 1.807) is 0 Å². The van der Waals surface area contributed by atoms with Gasteiger partial charge < -0.3 is 15.7 Å². The lowest BCUT2D eigenvalue weighted by atomic mass is 10.2. The summed E-state index contributed by atoms with van der Waals surface area (Å²) in [5.41, 5.74) is -0.620. The number of carboxylic acid groups (broad SMARTS) is 1.